The molecule has 0 saturated heterocycles. The van der Waals surface area contributed by atoms with Crippen molar-refractivity contribution in [2.45, 2.75) is 38.1 Å². The number of alkyl halides is 3. The van der Waals surface area contributed by atoms with E-state index in [1.165, 1.54) is 12.1 Å². The SMILES string of the molecule is CC(C)S(=O)(=O)Nc1ccc([C@H](C)C(=O)Nc2nc(C(F)(F)F)cs2)cc1. The van der Waals surface area contributed by atoms with Crippen LogP contribution in [0.3, 0.4) is 0 Å². The number of carbonyl (C=O) groups is 1. The Morgan fingerprint density at radius 2 is 1.74 bits per heavy atom. The standard InChI is InChI=1S/C16H18F3N3O3S2/c1-9(2)27(24,25)22-12-6-4-11(5-7-12)10(3)14(23)21-15-20-13(8-26-15)16(17,18)19/h4-10,22H,1-3H3,(H,20,21,23)/t10-/m0/s1. The van der Waals surface area contributed by atoms with Gasteiger partial charge < -0.3 is 5.32 Å². The van der Waals surface area contributed by atoms with Gasteiger partial charge in [0.05, 0.1) is 11.2 Å². The number of sulfonamides is 1. The molecule has 1 aromatic carbocycles. The number of nitrogens with one attached hydrogen (secondary N) is 2. The topological polar surface area (TPSA) is 88.2 Å². The summed E-state index contributed by atoms with van der Waals surface area (Å²) in [6, 6.07) is 6.19. The first kappa shape index (κ1) is 21.2. The predicted octanol–water partition coefficient (Wildman–Crippen LogP) is 4.05. The van der Waals surface area contributed by atoms with E-state index in [-0.39, 0.29) is 5.13 Å². The summed E-state index contributed by atoms with van der Waals surface area (Å²) in [6.45, 7) is 4.68. The van der Waals surface area contributed by atoms with E-state index in [4.69, 9.17) is 0 Å². The lowest BCUT2D eigenvalue weighted by molar-refractivity contribution is -0.140. The molecule has 0 saturated carbocycles. The number of hydrogen-bond acceptors (Lipinski definition) is 5. The number of amides is 1. The summed E-state index contributed by atoms with van der Waals surface area (Å²) >= 11 is 0.689. The number of rotatable bonds is 6. The van der Waals surface area contributed by atoms with Crippen LogP contribution < -0.4 is 10.0 Å². The molecule has 0 aliphatic rings. The third kappa shape index (κ3) is 5.42. The lowest BCUT2D eigenvalue weighted by Crippen LogP contribution is -2.22. The van der Waals surface area contributed by atoms with Crippen molar-refractivity contribution in [3.8, 4) is 0 Å². The Balaban J connectivity index is 2.05. The smallest absolute Gasteiger partial charge is 0.301 e. The van der Waals surface area contributed by atoms with E-state index in [0.29, 0.717) is 22.6 Å². The number of nitrogens with zero attached hydrogens (tertiary/aromatic N) is 1. The van der Waals surface area contributed by atoms with Crippen LogP contribution in [0.5, 0.6) is 0 Å². The van der Waals surface area contributed by atoms with Crippen LogP contribution in [0.2, 0.25) is 0 Å². The molecule has 0 radical (unpaired) electrons. The minimum Gasteiger partial charge on any atom is -0.301 e. The van der Waals surface area contributed by atoms with Crippen LogP contribution in [-0.2, 0) is 21.0 Å². The first-order valence-corrected chi connectivity index (χ1v) is 10.3. The zero-order valence-corrected chi connectivity index (χ0v) is 16.3. The Morgan fingerprint density at radius 1 is 1.15 bits per heavy atom. The minimum absolute atomic E-state index is 0.138. The second-order valence-corrected chi connectivity index (χ2v) is 9.16. The largest absolute Gasteiger partial charge is 0.434 e. The van der Waals surface area contributed by atoms with Gasteiger partial charge in [0.1, 0.15) is 0 Å². The molecule has 2 rings (SSSR count). The summed E-state index contributed by atoms with van der Waals surface area (Å²) in [5.41, 5.74) is -0.125. The van der Waals surface area contributed by atoms with Crippen molar-refractivity contribution in [1.82, 2.24) is 4.98 Å². The fourth-order valence-corrected chi connectivity index (χ4v) is 3.37. The van der Waals surface area contributed by atoms with Crippen LogP contribution in [0.15, 0.2) is 29.6 Å². The van der Waals surface area contributed by atoms with Gasteiger partial charge in [-0.25, -0.2) is 13.4 Å². The van der Waals surface area contributed by atoms with Crippen LogP contribution in [0.4, 0.5) is 24.0 Å². The third-order valence-electron chi connectivity index (χ3n) is 3.71. The van der Waals surface area contributed by atoms with Gasteiger partial charge in [-0.15, -0.1) is 11.3 Å². The molecule has 1 heterocycles. The molecule has 0 aliphatic heterocycles. The van der Waals surface area contributed by atoms with Gasteiger partial charge in [-0.1, -0.05) is 12.1 Å². The highest BCUT2D eigenvalue weighted by atomic mass is 32.2. The zero-order valence-electron chi connectivity index (χ0n) is 14.7. The Labute approximate surface area is 158 Å². The molecule has 2 aromatic rings. The monoisotopic (exact) mass is 421 g/mol. The number of hydrogen-bond donors (Lipinski definition) is 2. The van der Waals surface area contributed by atoms with Crippen LogP contribution in [-0.4, -0.2) is 24.6 Å². The average Bonchev–Trinajstić information content (AvgIpc) is 3.03. The van der Waals surface area contributed by atoms with E-state index in [0.717, 1.165) is 5.38 Å². The second kappa shape index (κ2) is 7.85. The van der Waals surface area contributed by atoms with Crippen molar-refractivity contribution >= 4 is 38.1 Å². The Kier molecular flexibility index (Phi) is 6.15. The molecule has 0 spiro atoms. The number of halogens is 3. The van der Waals surface area contributed by atoms with Crippen molar-refractivity contribution in [3.05, 3.63) is 40.9 Å². The van der Waals surface area contributed by atoms with Crippen LogP contribution in [0, 0.1) is 0 Å². The summed E-state index contributed by atoms with van der Waals surface area (Å²) in [5, 5.41) is 2.45. The maximum atomic E-state index is 12.6. The molecule has 0 unspecified atom stereocenters. The number of benzene rings is 1. The molecule has 148 valence electrons. The summed E-state index contributed by atoms with van der Waals surface area (Å²) in [4.78, 5) is 15.6. The summed E-state index contributed by atoms with van der Waals surface area (Å²) in [5.74, 6) is -1.19. The van der Waals surface area contributed by atoms with Gasteiger partial charge in [-0.2, -0.15) is 13.2 Å². The highest BCUT2D eigenvalue weighted by molar-refractivity contribution is 7.93. The molecule has 11 heteroatoms. The molecule has 27 heavy (non-hydrogen) atoms. The first-order valence-electron chi connectivity index (χ1n) is 7.85. The van der Waals surface area contributed by atoms with Gasteiger partial charge in [0.25, 0.3) is 0 Å². The van der Waals surface area contributed by atoms with Crippen molar-refractivity contribution in [1.29, 1.82) is 0 Å². The predicted molar refractivity (Wildman–Crippen MR) is 98.3 cm³/mol. The highest BCUT2D eigenvalue weighted by Gasteiger charge is 2.34. The number of aromatic nitrogens is 1. The maximum Gasteiger partial charge on any atom is 0.434 e. The molecule has 1 amide bonds. The van der Waals surface area contributed by atoms with E-state index in [1.54, 1.807) is 32.9 Å². The minimum atomic E-state index is -4.57. The molecule has 0 fully saturated rings. The van der Waals surface area contributed by atoms with Crippen molar-refractivity contribution < 1.29 is 26.4 Å². The molecule has 1 aromatic heterocycles. The van der Waals surface area contributed by atoms with Gasteiger partial charge in [0.15, 0.2) is 10.8 Å². The Bertz CT molecular complexity index is 907. The molecule has 0 aliphatic carbocycles. The van der Waals surface area contributed by atoms with Crippen LogP contribution in [0.25, 0.3) is 0 Å². The number of anilines is 2. The van der Waals surface area contributed by atoms with Crippen LogP contribution >= 0.6 is 11.3 Å². The van der Waals surface area contributed by atoms with E-state index in [2.05, 4.69) is 15.0 Å². The molecular weight excluding hydrogens is 403 g/mol. The van der Waals surface area contributed by atoms with Gasteiger partial charge in [0, 0.05) is 11.1 Å². The maximum absolute atomic E-state index is 12.6. The third-order valence-corrected chi connectivity index (χ3v) is 6.23. The molecule has 2 N–H and O–H groups in total. The van der Waals surface area contributed by atoms with Crippen molar-refractivity contribution in [2.24, 2.45) is 0 Å². The lowest BCUT2D eigenvalue weighted by atomic mass is 10.0. The first-order chi connectivity index (χ1) is 12.4. The van der Waals surface area contributed by atoms with Gasteiger partial charge >= 0.3 is 6.18 Å². The number of thiazole rings is 1. The summed E-state index contributed by atoms with van der Waals surface area (Å²) in [7, 11) is -3.48. The number of carbonyl (C=O) groups excluding carboxylic acids is 1. The highest BCUT2D eigenvalue weighted by Crippen LogP contribution is 2.32. The van der Waals surface area contributed by atoms with Gasteiger partial charge in [-0.3, -0.25) is 9.52 Å². The lowest BCUT2D eigenvalue weighted by Gasteiger charge is -2.14. The van der Waals surface area contributed by atoms with E-state index >= 15 is 0 Å². The molecule has 0 bridgehead atoms. The van der Waals surface area contributed by atoms with E-state index in [9.17, 15) is 26.4 Å². The van der Waals surface area contributed by atoms with Crippen LogP contribution in [0.1, 0.15) is 37.9 Å². The fourth-order valence-electron chi connectivity index (χ4n) is 1.95. The van der Waals surface area contributed by atoms with E-state index < -0.39 is 39.0 Å². The molecule has 6 nitrogen and oxygen atoms in total. The Hall–Kier alpha value is -2.14. The Morgan fingerprint density at radius 3 is 2.22 bits per heavy atom. The van der Waals surface area contributed by atoms with E-state index in [1.807, 2.05) is 0 Å². The molecule has 1 atom stereocenters. The van der Waals surface area contributed by atoms with Gasteiger partial charge in [0.2, 0.25) is 15.9 Å². The second-order valence-electron chi connectivity index (χ2n) is 6.06. The average molecular weight is 421 g/mol. The quantitative estimate of drug-likeness (QED) is 0.736. The van der Waals surface area contributed by atoms with Crippen molar-refractivity contribution in [3.63, 3.8) is 0 Å². The zero-order chi connectivity index (χ0) is 20.4. The summed E-state index contributed by atoms with van der Waals surface area (Å²) in [6.07, 6.45) is -4.57. The molecular formula is C16H18F3N3O3S2. The normalized spacial score (nSPS) is 13.4. The fraction of sp³-hybridized carbons (Fsp3) is 0.375. The summed E-state index contributed by atoms with van der Waals surface area (Å²) < 4.78 is 63.8. The van der Waals surface area contributed by atoms with Crippen molar-refractivity contribution in [2.75, 3.05) is 10.0 Å². The van der Waals surface area contributed by atoms with Gasteiger partial charge in [-0.05, 0) is 38.5 Å².